The molecule has 0 spiro atoms. The maximum absolute atomic E-state index is 13.0. The quantitative estimate of drug-likeness (QED) is 0.731. The van der Waals surface area contributed by atoms with Crippen molar-refractivity contribution in [3.63, 3.8) is 0 Å². The van der Waals surface area contributed by atoms with Crippen molar-refractivity contribution in [1.29, 1.82) is 0 Å². The average Bonchev–Trinajstić information content (AvgIpc) is 3.32. The Morgan fingerprint density at radius 3 is 2.52 bits per heavy atom. The van der Waals surface area contributed by atoms with Crippen LogP contribution in [-0.4, -0.2) is 51.5 Å². The predicted octanol–water partition coefficient (Wildman–Crippen LogP) is 2.42. The van der Waals surface area contributed by atoms with Gasteiger partial charge in [-0.2, -0.15) is 4.31 Å². The van der Waals surface area contributed by atoms with E-state index in [0.29, 0.717) is 24.7 Å². The minimum atomic E-state index is -3.66. The first-order valence-corrected chi connectivity index (χ1v) is 10.7. The summed E-state index contributed by atoms with van der Waals surface area (Å²) >= 11 is 1.13. The zero-order valence-electron chi connectivity index (χ0n) is 14.5. The minimum absolute atomic E-state index is 0. The molecule has 3 rings (SSSR count). The van der Waals surface area contributed by atoms with E-state index in [9.17, 15) is 13.2 Å². The molecule has 1 aliphatic carbocycles. The highest BCUT2D eigenvalue weighted by molar-refractivity contribution is 7.89. The molecule has 25 heavy (non-hydrogen) atoms. The minimum Gasteiger partial charge on any atom is -0.465 e. The molecule has 142 valence electrons. The summed E-state index contributed by atoms with van der Waals surface area (Å²) in [4.78, 5) is 12.2. The van der Waals surface area contributed by atoms with Crippen LogP contribution >= 0.6 is 23.7 Å². The molecule has 1 saturated heterocycles. The Balaban J connectivity index is 0.00000225. The van der Waals surface area contributed by atoms with Gasteiger partial charge in [0.2, 0.25) is 10.0 Å². The summed E-state index contributed by atoms with van der Waals surface area (Å²) in [5.41, 5.74) is 0.606. The number of sulfonamides is 1. The van der Waals surface area contributed by atoms with Gasteiger partial charge < -0.3 is 10.1 Å². The molecule has 1 saturated carbocycles. The van der Waals surface area contributed by atoms with Crippen LogP contribution in [0.5, 0.6) is 0 Å². The van der Waals surface area contributed by atoms with Crippen LogP contribution in [0.2, 0.25) is 0 Å². The third-order valence-electron chi connectivity index (χ3n) is 4.73. The molecular formula is C16H25ClN2O4S2. The van der Waals surface area contributed by atoms with Crippen molar-refractivity contribution in [1.82, 2.24) is 9.62 Å². The van der Waals surface area contributed by atoms with Gasteiger partial charge in [0.1, 0.15) is 9.77 Å². The third kappa shape index (κ3) is 4.54. The third-order valence-corrected chi connectivity index (χ3v) is 8.03. The molecule has 9 heteroatoms. The molecule has 0 unspecified atom stereocenters. The van der Waals surface area contributed by atoms with Gasteiger partial charge in [-0.15, -0.1) is 23.7 Å². The fourth-order valence-electron chi connectivity index (χ4n) is 3.07. The predicted molar refractivity (Wildman–Crippen MR) is 100 cm³/mol. The highest BCUT2D eigenvalue weighted by atomic mass is 35.5. The van der Waals surface area contributed by atoms with Crippen molar-refractivity contribution in [3.8, 4) is 0 Å². The van der Waals surface area contributed by atoms with Gasteiger partial charge in [0, 0.05) is 19.1 Å². The van der Waals surface area contributed by atoms with Crippen LogP contribution in [0.15, 0.2) is 10.3 Å². The van der Waals surface area contributed by atoms with Gasteiger partial charge in [0.25, 0.3) is 0 Å². The summed E-state index contributed by atoms with van der Waals surface area (Å²) in [6, 6.07) is 0.390. The number of ether oxygens (including phenoxy) is 1. The lowest BCUT2D eigenvalue weighted by Gasteiger charge is -2.32. The molecule has 2 heterocycles. The fraction of sp³-hybridized carbons (Fsp3) is 0.688. The van der Waals surface area contributed by atoms with Crippen LogP contribution < -0.4 is 5.32 Å². The van der Waals surface area contributed by atoms with Crippen molar-refractivity contribution in [2.75, 3.05) is 26.7 Å². The number of nitrogens with one attached hydrogen (secondary N) is 1. The first kappa shape index (κ1) is 20.6. The van der Waals surface area contributed by atoms with E-state index in [1.54, 1.807) is 12.3 Å². The summed E-state index contributed by atoms with van der Waals surface area (Å²) < 4.78 is 32.2. The SMILES string of the molecule is COC(=O)c1scc(C)c1S(=O)(=O)N1CCC(NCC2CC2)CC1.Cl. The smallest absolute Gasteiger partial charge is 0.349 e. The van der Waals surface area contributed by atoms with Gasteiger partial charge in [0.05, 0.1) is 7.11 Å². The number of thiophene rings is 1. The number of carbonyl (C=O) groups excluding carboxylic acids is 1. The van der Waals surface area contributed by atoms with Gasteiger partial charge in [-0.1, -0.05) is 0 Å². The molecule has 2 fully saturated rings. The van der Waals surface area contributed by atoms with E-state index in [1.807, 2.05) is 0 Å². The highest BCUT2D eigenvalue weighted by Gasteiger charge is 2.35. The number of esters is 1. The monoisotopic (exact) mass is 408 g/mol. The number of rotatable bonds is 6. The van der Waals surface area contributed by atoms with Crippen molar-refractivity contribution in [2.45, 2.75) is 43.5 Å². The lowest BCUT2D eigenvalue weighted by Crippen LogP contribution is -2.45. The summed E-state index contributed by atoms with van der Waals surface area (Å²) in [7, 11) is -2.39. The van der Waals surface area contributed by atoms with Crippen LogP contribution in [0.4, 0.5) is 0 Å². The zero-order valence-corrected chi connectivity index (χ0v) is 16.9. The lowest BCUT2D eigenvalue weighted by molar-refractivity contribution is 0.0602. The van der Waals surface area contributed by atoms with Gasteiger partial charge >= 0.3 is 5.97 Å². The molecule has 1 aliphatic heterocycles. The van der Waals surface area contributed by atoms with E-state index in [2.05, 4.69) is 5.32 Å². The lowest BCUT2D eigenvalue weighted by atomic mass is 10.1. The van der Waals surface area contributed by atoms with Crippen LogP contribution in [0, 0.1) is 12.8 Å². The van der Waals surface area contributed by atoms with Crippen molar-refractivity contribution < 1.29 is 17.9 Å². The van der Waals surface area contributed by atoms with Crippen LogP contribution in [0.25, 0.3) is 0 Å². The normalized spacial score (nSPS) is 19.4. The molecule has 0 radical (unpaired) electrons. The molecule has 1 aromatic heterocycles. The maximum Gasteiger partial charge on any atom is 0.349 e. The highest BCUT2D eigenvalue weighted by Crippen LogP contribution is 2.32. The number of halogens is 1. The van der Waals surface area contributed by atoms with Gasteiger partial charge in [-0.05, 0) is 56.0 Å². The number of hydrogen-bond acceptors (Lipinski definition) is 6. The van der Waals surface area contributed by atoms with Gasteiger partial charge in [-0.3, -0.25) is 0 Å². The summed E-state index contributed by atoms with van der Waals surface area (Å²) in [6.45, 7) is 3.74. The number of aryl methyl sites for hydroxylation is 1. The standard InChI is InChI=1S/C16H24N2O4S2.ClH/c1-11-10-23-14(16(19)22-2)15(11)24(20,21)18-7-5-13(6-8-18)17-9-12-3-4-12;/h10,12-13,17H,3-9H2,1-2H3;1H. The van der Waals surface area contributed by atoms with Crippen LogP contribution in [0.1, 0.15) is 40.9 Å². The first-order valence-electron chi connectivity index (χ1n) is 8.33. The molecule has 0 amide bonds. The Morgan fingerprint density at radius 2 is 1.96 bits per heavy atom. The van der Waals surface area contributed by atoms with E-state index in [1.165, 1.54) is 24.3 Å². The second-order valence-electron chi connectivity index (χ2n) is 6.60. The molecule has 2 aliphatic rings. The molecule has 1 N–H and O–H groups in total. The van der Waals surface area contributed by atoms with E-state index in [-0.39, 0.29) is 22.2 Å². The van der Waals surface area contributed by atoms with Crippen molar-refractivity contribution in [3.05, 3.63) is 15.8 Å². The Labute approximate surface area is 159 Å². The maximum atomic E-state index is 13.0. The fourth-order valence-corrected chi connectivity index (χ4v) is 6.20. The molecular weight excluding hydrogens is 384 g/mol. The topological polar surface area (TPSA) is 75.7 Å². The second kappa shape index (κ2) is 8.35. The summed E-state index contributed by atoms with van der Waals surface area (Å²) in [5, 5.41) is 5.24. The number of piperidine rings is 1. The first-order chi connectivity index (χ1) is 11.4. The molecule has 1 aromatic rings. The van der Waals surface area contributed by atoms with Crippen molar-refractivity contribution in [2.24, 2.45) is 5.92 Å². The Bertz CT molecular complexity index is 708. The molecule has 0 aromatic carbocycles. The largest absolute Gasteiger partial charge is 0.465 e. The second-order valence-corrected chi connectivity index (χ2v) is 9.35. The van der Waals surface area contributed by atoms with Crippen LogP contribution in [-0.2, 0) is 14.8 Å². The molecule has 0 atom stereocenters. The average molecular weight is 409 g/mol. The molecule has 0 bridgehead atoms. The van der Waals surface area contributed by atoms with E-state index in [4.69, 9.17) is 4.74 Å². The number of nitrogens with zero attached hydrogens (tertiary/aromatic N) is 1. The van der Waals surface area contributed by atoms with Crippen LogP contribution in [0.3, 0.4) is 0 Å². The number of carbonyl (C=O) groups is 1. The zero-order chi connectivity index (χ0) is 17.3. The Hall–Kier alpha value is -0.670. The summed E-state index contributed by atoms with van der Waals surface area (Å²) in [5.74, 6) is 0.232. The Morgan fingerprint density at radius 1 is 1.32 bits per heavy atom. The van der Waals surface area contributed by atoms with Crippen molar-refractivity contribution >= 4 is 39.7 Å². The van der Waals surface area contributed by atoms with E-state index in [0.717, 1.165) is 36.6 Å². The molecule has 6 nitrogen and oxygen atoms in total. The van der Waals surface area contributed by atoms with E-state index < -0.39 is 16.0 Å². The summed E-state index contributed by atoms with van der Waals surface area (Å²) in [6.07, 6.45) is 4.24. The van der Waals surface area contributed by atoms with Gasteiger partial charge in [0.15, 0.2) is 0 Å². The van der Waals surface area contributed by atoms with E-state index >= 15 is 0 Å². The van der Waals surface area contributed by atoms with Gasteiger partial charge in [-0.25, -0.2) is 13.2 Å². The number of hydrogen-bond donors (Lipinski definition) is 1. The number of methoxy groups -OCH3 is 1. The Kier molecular flexibility index (Phi) is 6.89.